The summed E-state index contributed by atoms with van der Waals surface area (Å²) in [7, 11) is 0. The predicted molar refractivity (Wildman–Crippen MR) is 239 cm³/mol. The lowest BCUT2D eigenvalue weighted by molar-refractivity contribution is 0.669. The van der Waals surface area contributed by atoms with Crippen molar-refractivity contribution in [2.75, 3.05) is 0 Å². The number of fused-ring (bicyclic) bond motifs is 12. The lowest BCUT2D eigenvalue weighted by atomic mass is 9.67. The van der Waals surface area contributed by atoms with Gasteiger partial charge in [-0.3, -0.25) is 4.57 Å². The first-order valence-corrected chi connectivity index (χ1v) is 20.5. The number of aromatic nitrogens is 3. The molecule has 58 heavy (non-hydrogen) atoms. The van der Waals surface area contributed by atoms with E-state index in [0.717, 1.165) is 55.0 Å². The quantitative estimate of drug-likeness (QED) is 0.180. The van der Waals surface area contributed by atoms with Crippen molar-refractivity contribution in [3.05, 3.63) is 210 Å². The molecule has 0 aliphatic heterocycles. The highest BCUT2D eigenvalue weighted by Crippen LogP contribution is 2.56. The number of rotatable bonds is 4. The smallest absolute Gasteiger partial charge is 0.235 e. The summed E-state index contributed by atoms with van der Waals surface area (Å²) in [5, 5.41) is 6.98. The van der Waals surface area contributed by atoms with Crippen molar-refractivity contribution in [2.24, 2.45) is 0 Å². The van der Waals surface area contributed by atoms with E-state index in [1.807, 2.05) is 35.7 Å². The fourth-order valence-electron chi connectivity index (χ4n) is 9.95. The Morgan fingerprint density at radius 3 is 2.00 bits per heavy atom. The molecule has 0 unspecified atom stereocenters. The average Bonchev–Trinajstić information content (AvgIpc) is 4.02. The van der Waals surface area contributed by atoms with Crippen LogP contribution in [0.25, 0.3) is 92.2 Å². The van der Waals surface area contributed by atoms with Gasteiger partial charge >= 0.3 is 0 Å². The maximum absolute atomic E-state index is 6.52. The molecule has 0 saturated carbocycles. The van der Waals surface area contributed by atoms with Crippen molar-refractivity contribution in [3.8, 4) is 28.3 Å². The van der Waals surface area contributed by atoms with Gasteiger partial charge in [0.1, 0.15) is 11.2 Å². The molecule has 13 rings (SSSR count). The Balaban J connectivity index is 1.13. The first-order valence-electron chi connectivity index (χ1n) is 19.6. The third-order valence-electron chi connectivity index (χ3n) is 12.4. The van der Waals surface area contributed by atoms with Crippen LogP contribution in [0.1, 0.15) is 22.3 Å². The molecule has 4 nitrogen and oxygen atoms in total. The third-order valence-corrected chi connectivity index (χ3v) is 13.6. The van der Waals surface area contributed by atoms with Crippen molar-refractivity contribution in [1.29, 1.82) is 0 Å². The summed E-state index contributed by atoms with van der Waals surface area (Å²) in [6.07, 6.45) is 1.90. The summed E-state index contributed by atoms with van der Waals surface area (Å²) < 4.78 is 11.3. The molecule has 4 heterocycles. The SMILES string of the molecule is c1ccc(C2(c3ccc4c5cc6c(cc5n(-c5nccc(-c7cccc8c7sc7ccccc78)n5)c4c3)oc3ccccc36)c3ccccc3-c3ccccc32)cc1. The molecule has 0 N–H and O–H groups in total. The van der Waals surface area contributed by atoms with Gasteiger partial charge in [-0.25, -0.2) is 9.97 Å². The molecule has 0 radical (unpaired) electrons. The van der Waals surface area contributed by atoms with Gasteiger partial charge in [0.25, 0.3) is 0 Å². The first-order chi connectivity index (χ1) is 28.8. The van der Waals surface area contributed by atoms with Crippen molar-refractivity contribution in [3.63, 3.8) is 0 Å². The van der Waals surface area contributed by atoms with E-state index < -0.39 is 5.41 Å². The number of nitrogens with zero attached hydrogens (tertiary/aromatic N) is 3. The summed E-state index contributed by atoms with van der Waals surface area (Å²) >= 11 is 1.82. The van der Waals surface area contributed by atoms with E-state index in [1.165, 1.54) is 53.6 Å². The van der Waals surface area contributed by atoms with Crippen molar-refractivity contribution >= 4 is 75.3 Å². The largest absolute Gasteiger partial charge is 0.456 e. The van der Waals surface area contributed by atoms with E-state index in [1.54, 1.807) is 0 Å². The molecule has 12 aromatic rings. The minimum absolute atomic E-state index is 0.548. The number of thiophene rings is 1. The second kappa shape index (κ2) is 11.8. The molecule has 0 fully saturated rings. The Bertz CT molecular complexity index is 3600. The van der Waals surface area contributed by atoms with Gasteiger partial charge in [-0.1, -0.05) is 146 Å². The lowest BCUT2D eigenvalue weighted by Crippen LogP contribution is -2.28. The molecule has 1 aliphatic carbocycles. The van der Waals surface area contributed by atoms with Crippen LogP contribution >= 0.6 is 11.3 Å². The van der Waals surface area contributed by atoms with Crippen LogP contribution in [-0.2, 0) is 5.41 Å². The summed E-state index contributed by atoms with van der Waals surface area (Å²) in [5.74, 6) is 0.615. The molecule has 5 heteroatoms. The Morgan fingerprint density at radius 2 is 1.16 bits per heavy atom. The Labute approximate surface area is 336 Å². The van der Waals surface area contributed by atoms with Crippen LogP contribution in [0.3, 0.4) is 0 Å². The van der Waals surface area contributed by atoms with E-state index in [-0.39, 0.29) is 0 Å². The van der Waals surface area contributed by atoms with Gasteiger partial charge in [0.2, 0.25) is 5.95 Å². The van der Waals surface area contributed by atoms with Gasteiger partial charge in [0.15, 0.2) is 0 Å². The van der Waals surface area contributed by atoms with Crippen molar-refractivity contribution < 1.29 is 4.42 Å². The highest BCUT2D eigenvalue weighted by Gasteiger charge is 2.46. The van der Waals surface area contributed by atoms with Gasteiger partial charge < -0.3 is 4.42 Å². The van der Waals surface area contributed by atoms with E-state index in [0.29, 0.717) is 5.95 Å². The predicted octanol–water partition coefficient (Wildman–Crippen LogP) is 13.9. The zero-order valence-corrected chi connectivity index (χ0v) is 31.9. The molecular formula is C53H31N3OS. The van der Waals surface area contributed by atoms with Crippen molar-refractivity contribution in [1.82, 2.24) is 14.5 Å². The van der Waals surface area contributed by atoms with Gasteiger partial charge in [-0.05, 0) is 63.7 Å². The van der Waals surface area contributed by atoms with E-state index in [9.17, 15) is 0 Å². The molecule has 0 amide bonds. The van der Waals surface area contributed by atoms with Gasteiger partial charge in [-0.15, -0.1) is 11.3 Å². The number of furan rings is 1. The van der Waals surface area contributed by atoms with Crippen LogP contribution in [0, 0.1) is 0 Å². The van der Waals surface area contributed by atoms with Gasteiger partial charge in [0, 0.05) is 59.5 Å². The van der Waals surface area contributed by atoms with Crippen molar-refractivity contribution in [2.45, 2.75) is 5.41 Å². The van der Waals surface area contributed by atoms with E-state index >= 15 is 0 Å². The first kappa shape index (κ1) is 31.8. The number of benzene rings is 8. The fourth-order valence-corrected chi connectivity index (χ4v) is 11.2. The van der Waals surface area contributed by atoms with Gasteiger partial charge in [-0.2, -0.15) is 0 Å². The van der Waals surface area contributed by atoms with Gasteiger partial charge in [0.05, 0.1) is 22.1 Å². The normalized spacial score (nSPS) is 13.3. The second-order valence-corrected chi connectivity index (χ2v) is 16.3. The number of para-hydroxylation sites is 1. The highest BCUT2D eigenvalue weighted by molar-refractivity contribution is 7.26. The Kier molecular flexibility index (Phi) is 6.49. The standard InChI is InChI=1S/C53H31N3OS/c1-2-13-32(14-3-1)53(43-21-8-4-15-34(43)35-16-5-9-22-44(35)53)33-25-26-36-41-30-42-37-17-6-10-23-48(37)57-49(42)31-47(41)56(46(36)29-33)52-54-28-27-45(55-52)40-20-12-19-39-38-18-7-11-24-50(38)58-51(39)40/h1-31H. The number of hydrogen-bond acceptors (Lipinski definition) is 4. The molecule has 0 saturated heterocycles. The Morgan fingerprint density at radius 1 is 0.466 bits per heavy atom. The molecule has 0 atom stereocenters. The third kappa shape index (κ3) is 4.23. The maximum atomic E-state index is 6.52. The van der Waals surface area contributed by atoms with Crippen LogP contribution < -0.4 is 0 Å². The van der Waals surface area contributed by atoms with Crippen LogP contribution in [-0.4, -0.2) is 14.5 Å². The fraction of sp³-hybridized carbons (Fsp3) is 0.0189. The topological polar surface area (TPSA) is 43.9 Å². The molecular weight excluding hydrogens is 727 g/mol. The maximum Gasteiger partial charge on any atom is 0.235 e. The van der Waals surface area contributed by atoms with E-state index in [2.05, 4.69) is 168 Å². The van der Waals surface area contributed by atoms with Crippen LogP contribution in [0.15, 0.2) is 193 Å². The summed E-state index contributed by atoms with van der Waals surface area (Å²) in [6, 6.07) is 65.8. The summed E-state index contributed by atoms with van der Waals surface area (Å²) in [4.78, 5) is 10.5. The molecule has 0 spiro atoms. The van der Waals surface area contributed by atoms with Crippen LogP contribution in [0.2, 0.25) is 0 Å². The summed E-state index contributed by atoms with van der Waals surface area (Å²) in [5.41, 5.74) is 12.7. The lowest BCUT2D eigenvalue weighted by Gasteiger charge is -2.34. The molecule has 270 valence electrons. The summed E-state index contributed by atoms with van der Waals surface area (Å²) in [6.45, 7) is 0. The monoisotopic (exact) mass is 757 g/mol. The highest BCUT2D eigenvalue weighted by atomic mass is 32.1. The molecule has 0 bridgehead atoms. The minimum atomic E-state index is -0.548. The van der Waals surface area contributed by atoms with E-state index in [4.69, 9.17) is 14.4 Å². The average molecular weight is 758 g/mol. The zero-order valence-electron chi connectivity index (χ0n) is 31.1. The molecule has 1 aliphatic rings. The van der Waals surface area contributed by atoms with Crippen LogP contribution in [0.5, 0.6) is 0 Å². The molecule has 8 aromatic carbocycles. The van der Waals surface area contributed by atoms with Crippen LogP contribution in [0.4, 0.5) is 0 Å². The minimum Gasteiger partial charge on any atom is -0.456 e. The second-order valence-electron chi connectivity index (χ2n) is 15.3. The number of hydrogen-bond donors (Lipinski definition) is 0. The zero-order chi connectivity index (χ0) is 38.0. The molecule has 4 aromatic heterocycles. The Hall–Kier alpha value is -7.34.